The van der Waals surface area contributed by atoms with Gasteiger partial charge in [-0.05, 0) is 36.5 Å². The van der Waals surface area contributed by atoms with Gasteiger partial charge >= 0.3 is 11.9 Å². The molecule has 192 valence electrons. The lowest BCUT2D eigenvalue weighted by molar-refractivity contribution is 0.0435. The molecule has 0 heterocycles. The topological polar surface area (TPSA) is 52.6 Å². The van der Waals surface area contributed by atoms with Crippen LogP contribution in [-0.4, -0.2) is 18.5 Å². The van der Waals surface area contributed by atoms with Gasteiger partial charge in [0.25, 0.3) is 0 Å². The van der Waals surface area contributed by atoms with Crippen LogP contribution in [0.4, 0.5) is 0 Å². The van der Waals surface area contributed by atoms with Gasteiger partial charge < -0.3 is 9.47 Å². The van der Waals surface area contributed by atoms with Gasteiger partial charge in [0, 0.05) is 0 Å². The normalized spacial score (nSPS) is 10.8. The molecule has 0 N–H and O–H groups in total. The first-order valence-electron chi connectivity index (χ1n) is 13.7. The Kier molecular flexibility index (Phi) is 14.5. The Labute approximate surface area is 212 Å². The molecule has 2 aromatic carbocycles. The van der Waals surface area contributed by atoms with Crippen LogP contribution in [0.25, 0.3) is 0 Å². The predicted octanol–water partition coefficient (Wildman–Crippen LogP) is 8.46. The van der Waals surface area contributed by atoms with Gasteiger partial charge in [-0.15, -0.1) is 0 Å². The van der Waals surface area contributed by atoms with Crippen LogP contribution in [0.5, 0.6) is 0 Å². The van der Waals surface area contributed by atoms with E-state index in [1.807, 2.05) is 42.5 Å². The third-order valence-electron chi connectivity index (χ3n) is 6.32. The first-order chi connectivity index (χ1) is 17.2. The van der Waals surface area contributed by atoms with Crippen LogP contribution in [0.1, 0.15) is 123 Å². The summed E-state index contributed by atoms with van der Waals surface area (Å²) in [6.45, 7) is 4.97. The molecule has 0 radical (unpaired) electrons. The fourth-order valence-electron chi connectivity index (χ4n) is 4.24. The zero-order valence-corrected chi connectivity index (χ0v) is 21.9. The molecule has 0 fully saturated rings. The first kappa shape index (κ1) is 28.6. The fraction of sp³-hybridized carbons (Fsp3) is 0.548. The highest BCUT2D eigenvalue weighted by Crippen LogP contribution is 2.21. The highest BCUT2D eigenvalue weighted by atomic mass is 16.5. The van der Waals surface area contributed by atoms with Gasteiger partial charge in [0.15, 0.2) is 0 Å². The second-order valence-electron chi connectivity index (χ2n) is 9.32. The van der Waals surface area contributed by atoms with E-state index in [0.717, 1.165) is 49.7 Å². The summed E-state index contributed by atoms with van der Waals surface area (Å²) in [4.78, 5) is 26.1. The molecule has 0 spiro atoms. The van der Waals surface area contributed by atoms with E-state index in [1.165, 1.54) is 44.9 Å². The SMILES string of the molecule is CCCCCCCCOC(=O)c1c(CCCCCCCC)cccc1C(=O)OCc1ccccc1. The Morgan fingerprint density at radius 2 is 1.26 bits per heavy atom. The third-order valence-corrected chi connectivity index (χ3v) is 6.32. The Balaban J connectivity index is 2.04. The molecule has 0 bridgehead atoms. The number of carbonyl (C=O) groups excluding carboxylic acids is 2. The second-order valence-corrected chi connectivity index (χ2v) is 9.32. The van der Waals surface area contributed by atoms with Crippen LogP contribution in [0.15, 0.2) is 48.5 Å². The molecule has 0 amide bonds. The van der Waals surface area contributed by atoms with Crippen molar-refractivity contribution < 1.29 is 19.1 Å². The zero-order valence-electron chi connectivity index (χ0n) is 21.9. The molecule has 0 aliphatic carbocycles. The minimum atomic E-state index is -0.481. The number of unbranched alkanes of at least 4 members (excludes halogenated alkanes) is 10. The van der Waals surface area contributed by atoms with E-state index in [4.69, 9.17) is 9.47 Å². The highest BCUT2D eigenvalue weighted by molar-refractivity contribution is 6.04. The van der Waals surface area contributed by atoms with Gasteiger partial charge in [0.2, 0.25) is 0 Å². The van der Waals surface area contributed by atoms with Crippen LogP contribution in [-0.2, 0) is 22.5 Å². The van der Waals surface area contributed by atoms with Crippen molar-refractivity contribution in [2.75, 3.05) is 6.61 Å². The molecule has 0 saturated heterocycles. The minimum Gasteiger partial charge on any atom is -0.462 e. The summed E-state index contributed by atoms with van der Waals surface area (Å²) in [5, 5.41) is 0. The standard InChI is InChI=1S/C31H44O4/c1-3-5-7-9-11-16-21-27-22-18-23-28(30(32)35-25-26-19-14-13-15-20-26)29(27)31(33)34-24-17-12-10-8-6-4-2/h13-15,18-20,22-23H,3-12,16-17,21,24-25H2,1-2H3. The monoisotopic (exact) mass is 480 g/mol. The molecular formula is C31H44O4. The molecule has 0 unspecified atom stereocenters. The second kappa shape index (κ2) is 17.8. The largest absolute Gasteiger partial charge is 0.462 e. The van der Waals surface area contributed by atoms with Gasteiger partial charge in [0.1, 0.15) is 6.61 Å². The van der Waals surface area contributed by atoms with E-state index < -0.39 is 11.9 Å². The number of hydrogen-bond donors (Lipinski definition) is 0. The number of hydrogen-bond acceptors (Lipinski definition) is 4. The summed E-state index contributed by atoms with van der Waals surface area (Å²) in [7, 11) is 0. The third kappa shape index (κ3) is 11.1. The van der Waals surface area contributed by atoms with Gasteiger partial charge in [-0.1, -0.05) is 121 Å². The van der Waals surface area contributed by atoms with Gasteiger partial charge in [-0.25, -0.2) is 9.59 Å². The number of esters is 2. The Morgan fingerprint density at radius 3 is 1.94 bits per heavy atom. The van der Waals surface area contributed by atoms with Crippen molar-refractivity contribution in [3.8, 4) is 0 Å². The molecule has 35 heavy (non-hydrogen) atoms. The zero-order chi connectivity index (χ0) is 25.1. The summed E-state index contributed by atoms with van der Waals surface area (Å²) in [5.74, 6) is -0.892. The summed E-state index contributed by atoms with van der Waals surface area (Å²) in [5.41, 5.74) is 2.47. The molecule has 0 atom stereocenters. The molecule has 0 aromatic heterocycles. The van der Waals surface area contributed by atoms with Crippen molar-refractivity contribution in [1.29, 1.82) is 0 Å². The number of carbonyl (C=O) groups is 2. The molecule has 4 nitrogen and oxygen atoms in total. The van der Waals surface area contributed by atoms with E-state index in [0.29, 0.717) is 17.7 Å². The number of rotatable bonds is 18. The smallest absolute Gasteiger partial charge is 0.339 e. The quantitative estimate of drug-likeness (QED) is 0.159. The Bertz CT molecular complexity index is 860. The lowest BCUT2D eigenvalue weighted by Gasteiger charge is -2.14. The summed E-state index contributed by atoms with van der Waals surface area (Å²) in [6, 6.07) is 15.0. The molecule has 0 aliphatic rings. The maximum Gasteiger partial charge on any atom is 0.339 e. The minimum absolute atomic E-state index is 0.174. The van der Waals surface area contributed by atoms with Crippen molar-refractivity contribution in [3.63, 3.8) is 0 Å². The Hall–Kier alpha value is -2.62. The van der Waals surface area contributed by atoms with Crippen LogP contribution in [0.3, 0.4) is 0 Å². The summed E-state index contributed by atoms with van der Waals surface area (Å²) < 4.78 is 11.2. The molecule has 0 saturated carbocycles. The van der Waals surface area contributed by atoms with Gasteiger partial charge in [0.05, 0.1) is 17.7 Å². The average Bonchev–Trinajstić information content (AvgIpc) is 2.89. The molecule has 2 rings (SSSR count). The first-order valence-corrected chi connectivity index (χ1v) is 13.7. The maximum absolute atomic E-state index is 13.1. The summed E-state index contributed by atoms with van der Waals surface area (Å²) in [6.07, 6.45) is 14.6. The predicted molar refractivity (Wildman–Crippen MR) is 143 cm³/mol. The van der Waals surface area contributed by atoms with Gasteiger partial charge in [-0.2, -0.15) is 0 Å². The van der Waals surface area contributed by atoms with Crippen molar-refractivity contribution in [2.45, 2.75) is 104 Å². The summed E-state index contributed by atoms with van der Waals surface area (Å²) >= 11 is 0. The van der Waals surface area contributed by atoms with Crippen molar-refractivity contribution in [3.05, 3.63) is 70.8 Å². The lowest BCUT2D eigenvalue weighted by atomic mass is 9.96. The van der Waals surface area contributed by atoms with E-state index in [1.54, 1.807) is 6.07 Å². The molecular weight excluding hydrogens is 436 g/mol. The molecule has 0 aliphatic heterocycles. The van der Waals surface area contributed by atoms with E-state index in [-0.39, 0.29) is 6.61 Å². The van der Waals surface area contributed by atoms with Crippen LogP contribution >= 0.6 is 0 Å². The fourth-order valence-corrected chi connectivity index (χ4v) is 4.24. The van der Waals surface area contributed by atoms with Crippen molar-refractivity contribution in [1.82, 2.24) is 0 Å². The average molecular weight is 481 g/mol. The van der Waals surface area contributed by atoms with E-state index >= 15 is 0 Å². The number of benzene rings is 2. The maximum atomic E-state index is 13.1. The number of aryl methyl sites for hydroxylation is 1. The van der Waals surface area contributed by atoms with E-state index in [2.05, 4.69) is 13.8 Å². The lowest BCUT2D eigenvalue weighted by Crippen LogP contribution is -2.17. The number of ether oxygens (including phenoxy) is 2. The molecule has 2 aromatic rings. The van der Waals surface area contributed by atoms with Crippen LogP contribution < -0.4 is 0 Å². The Morgan fingerprint density at radius 1 is 0.629 bits per heavy atom. The van der Waals surface area contributed by atoms with Crippen LogP contribution in [0.2, 0.25) is 0 Å². The van der Waals surface area contributed by atoms with Gasteiger partial charge in [-0.3, -0.25) is 0 Å². The molecule has 4 heteroatoms. The van der Waals surface area contributed by atoms with Crippen molar-refractivity contribution in [2.24, 2.45) is 0 Å². The van der Waals surface area contributed by atoms with E-state index in [9.17, 15) is 9.59 Å². The van der Waals surface area contributed by atoms with Crippen molar-refractivity contribution >= 4 is 11.9 Å². The van der Waals surface area contributed by atoms with Crippen LogP contribution in [0, 0.1) is 0 Å². The highest BCUT2D eigenvalue weighted by Gasteiger charge is 2.23.